The first-order valence-electron chi connectivity index (χ1n) is 7.98. The Morgan fingerprint density at radius 2 is 1.92 bits per heavy atom. The first kappa shape index (κ1) is 18.4. The van der Waals surface area contributed by atoms with Crippen LogP contribution in [0.15, 0.2) is 35.5 Å². The molecule has 0 bridgehead atoms. The van der Waals surface area contributed by atoms with Crippen LogP contribution >= 0.6 is 12.2 Å². The molecule has 0 fully saturated rings. The minimum atomic E-state index is -0.370. The first-order valence-corrected chi connectivity index (χ1v) is 8.39. The van der Waals surface area contributed by atoms with Gasteiger partial charge in [0.1, 0.15) is 6.61 Å². The normalized spacial score (nSPS) is 17.5. The van der Waals surface area contributed by atoms with E-state index in [-0.39, 0.29) is 18.6 Å². The van der Waals surface area contributed by atoms with Crippen LogP contribution in [0.1, 0.15) is 43.9 Å². The quantitative estimate of drug-likeness (QED) is 0.468. The monoisotopic (exact) mass is 348 g/mol. The van der Waals surface area contributed by atoms with Gasteiger partial charge in [0.05, 0.1) is 18.2 Å². The van der Waals surface area contributed by atoms with Gasteiger partial charge in [-0.3, -0.25) is 0 Å². The fraction of sp³-hybridized carbons (Fsp3) is 0.444. The van der Waals surface area contributed by atoms with E-state index in [0.717, 1.165) is 5.56 Å². The number of carbonyl (C=O) groups excluding carboxylic acids is 1. The highest BCUT2D eigenvalue weighted by atomic mass is 32.1. The highest BCUT2D eigenvalue weighted by Crippen LogP contribution is 2.28. The van der Waals surface area contributed by atoms with Gasteiger partial charge in [0.15, 0.2) is 5.11 Å². The number of allylic oxidation sites excluding steroid dienone is 1. The number of esters is 1. The lowest BCUT2D eigenvalue weighted by molar-refractivity contribution is -0.140. The summed E-state index contributed by atoms with van der Waals surface area (Å²) in [6.07, 6.45) is 0. The summed E-state index contributed by atoms with van der Waals surface area (Å²) < 4.78 is 10.2. The van der Waals surface area contributed by atoms with Crippen LogP contribution in [0.3, 0.4) is 0 Å². The van der Waals surface area contributed by atoms with Crippen molar-refractivity contribution in [1.29, 1.82) is 0 Å². The Morgan fingerprint density at radius 3 is 2.50 bits per heavy atom. The lowest BCUT2D eigenvalue weighted by atomic mass is 9.93. The largest absolute Gasteiger partial charge is 0.460 e. The number of hydrogen-bond acceptors (Lipinski definition) is 4. The summed E-state index contributed by atoms with van der Waals surface area (Å²) in [6.45, 7) is 6.71. The minimum absolute atomic E-state index is 0.218. The summed E-state index contributed by atoms with van der Waals surface area (Å²) >= 11 is 5.24. The standard InChI is InChI=1S/C18H24N2O3S/c1-11(2)13-5-7-14(8-6-13)16-15(12(3)19-18(24)20-16)17(21)23-10-9-22-4/h5-8,11,16H,9-10H2,1-4H3,(H2,19,20,24)/t16-/m1/s1. The molecule has 0 amide bonds. The van der Waals surface area contributed by atoms with Crippen molar-refractivity contribution in [3.8, 4) is 0 Å². The maximum atomic E-state index is 12.5. The molecule has 0 unspecified atom stereocenters. The predicted octanol–water partition coefficient (Wildman–Crippen LogP) is 2.79. The van der Waals surface area contributed by atoms with Gasteiger partial charge in [-0.05, 0) is 36.2 Å². The molecule has 5 nitrogen and oxygen atoms in total. The SMILES string of the molecule is COCCOC(=O)C1=C(C)NC(=S)N[C@@H]1c1ccc(C(C)C)cc1. The van der Waals surface area contributed by atoms with Gasteiger partial charge in [0.2, 0.25) is 0 Å². The molecular weight excluding hydrogens is 324 g/mol. The average molecular weight is 348 g/mol. The number of carbonyl (C=O) groups is 1. The Kier molecular flexibility index (Phi) is 6.34. The highest BCUT2D eigenvalue weighted by molar-refractivity contribution is 7.80. The molecule has 6 heteroatoms. The Labute approximate surface area is 148 Å². The zero-order chi connectivity index (χ0) is 17.7. The van der Waals surface area contributed by atoms with E-state index in [9.17, 15) is 4.79 Å². The van der Waals surface area contributed by atoms with Crippen molar-refractivity contribution >= 4 is 23.3 Å². The van der Waals surface area contributed by atoms with Gasteiger partial charge >= 0.3 is 5.97 Å². The van der Waals surface area contributed by atoms with Crippen LogP contribution in [0.25, 0.3) is 0 Å². The zero-order valence-corrected chi connectivity index (χ0v) is 15.3. The van der Waals surface area contributed by atoms with Crippen LogP contribution in [0, 0.1) is 0 Å². The van der Waals surface area contributed by atoms with E-state index >= 15 is 0 Å². The van der Waals surface area contributed by atoms with Crippen molar-refractivity contribution < 1.29 is 14.3 Å². The van der Waals surface area contributed by atoms with Gasteiger partial charge in [-0.2, -0.15) is 0 Å². The molecule has 0 aromatic heterocycles. The lowest BCUT2D eigenvalue weighted by Gasteiger charge is -2.30. The van der Waals surface area contributed by atoms with E-state index in [4.69, 9.17) is 21.7 Å². The second-order valence-electron chi connectivity index (χ2n) is 6.02. The van der Waals surface area contributed by atoms with Gasteiger partial charge in [-0.15, -0.1) is 0 Å². The van der Waals surface area contributed by atoms with Crippen LogP contribution in [-0.4, -0.2) is 31.4 Å². The fourth-order valence-electron chi connectivity index (χ4n) is 2.58. The van der Waals surface area contributed by atoms with E-state index in [1.54, 1.807) is 7.11 Å². The van der Waals surface area contributed by atoms with Crippen LogP contribution in [0.4, 0.5) is 0 Å². The molecule has 0 radical (unpaired) electrons. The van der Waals surface area contributed by atoms with Crippen LogP contribution in [0.5, 0.6) is 0 Å². The second kappa shape index (κ2) is 8.26. The number of rotatable bonds is 6. The minimum Gasteiger partial charge on any atom is -0.460 e. The predicted molar refractivity (Wildman–Crippen MR) is 97.7 cm³/mol. The number of ether oxygens (including phenoxy) is 2. The molecule has 130 valence electrons. The third-order valence-corrected chi connectivity index (χ3v) is 4.17. The van der Waals surface area contributed by atoms with E-state index in [1.165, 1.54) is 5.56 Å². The second-order valence-corrected chi connectivity index (χ2v) is 6.43. The topological polar surface area (TPSA) is 59.6 Å². The van der Waals surface area contributed by atoms with Crippen LogP contribution < -0.4 is 10.6 Å². The molecule has 0 saturated heterocycles. The van der Waals surface area contributed by atoms with E-state index in [2.05, 4.69) is 36.6 Å². The van der Waals surface area contributed by atoms with Crippen LogP contribution in [0.2, 0.25) is 0 Å². The highest BCUT2D eigenvalue weighted by Gasteiger charge is 2.30. The van der Waals surface area contributed by atoms with Crippen molar-refractivity contribution in [2.24, 2.45) is 0 Å². The van der Waals surface area contributed by atoms with Gasteiger partial charge in [0, 0.05) is 12.8 Å². The molecule has 1 aromatic carbocycles. The van der Waals surface area contributed by atoms with Crippen LogP contribution in [-0.2, 0) is 14.3 Å². The zero-order valence-electron chi connectivity index (χ0n) is 14.5. The summed E-state index contributed by atoms with van der Waals surface area (Å²) in [7, 11) is 1.57. The molecule has 1 aliphatic heterocycles. The number of hydrogen-bond donors (Lipinski definition) is 2. The molecule has 24 heavy (non-hydrogen) atoms. The smallest absolute Gasteiger partial charge is 0.338 e. The number of nitrogens with one attached hydrogen (secondary N) is 2. The summed E-state index contributed by atoms with van der Waals surface area (Å²) in [5.74, 6) is 0.0850. The maximum absolute atomic E-state index is 12.5. The molecule has 2 N–H and O–H groups in total. The summed E-state index contributed by atoms with van der Waals surface area (Å²) in [4.78, 5) is 12.5. The van der Waals surface area contributed by atoms with Crippen molar-refractivity contribution in [3.63, 3.8) is 0 Å². The molecule has 1 heterocycles. The molecule has 2 rings (SSSR count). The summed E-state index contributed by atoms with van der Waals surface area (Å²) in [5, 5.41) is 6.66. The van der Waals surface area contributed by atoms with Gasteiger partial charge in [0.25, 0.3) is 0 Å². The molecule has 0 saturated carbocycles. The number of methoxy groups -OCH3 is 1. The summed E-state index contributed by atoms with van der Waals surface area (Å²) in [6, 6.07) is 7.88. The molecule has 1 aliphatic rings. The van der Waals surface area contributed by atoms with Gasteiger partial charge in [-0.25, -0.2) is 4.79 Å². The van der Waals surface area contributed by atoms with E-state index in [0.29, 0.717) is 28.9 Å². The van der Waals surface area contributed by atoms with Gasteiger partial charge < -0.3 is 20.1 Å². The van der Waals surface area contributed by atoms with Crippen molar-refractivity contribution in [1.82, 2.24) is 10.6 Å². The average Bonchev–Trinajstić information content (AvgIpc) is 2.54. The fourth-order valence-corrected chi connectivity index (χ4v) is 2.85. The summed E-state index contributed by atoms with van der Waals surface area (Å²) in [5.41, 5.74) is 3.47. The van der Waals surface area contributed by atoms with E-state index in [1.807, 2.05) is 19.1 Å². The Bertz CT molecular complexity index is 638. The van der Waals surface area contributed by atoms with Crippen molar-refractivity contribution in [2.75, 3.05) is 20.3 Å². The molecule has 0 aliphatic carbocycles. The Balaban J connectivity index is 2.28. The van der Waals surface area contributed by atoms with Crippen molar-refractivity contribution in [2.45, 2.75) is 32.7 Å². The third kappa shape index (κ3) is 4.33. The molecule has 1 atom stereocenters. The van der Waals surface area contributed by atoms with E-state index < -0.39 is 0 Å². The molecule has 0 spiro atoms. The Morgan fingerprint density at radius 1 is 1.25 bits per heavy atom. The van der Waals surface area contributed by atoms with Gasteiger partial charge in [-0.1, -0.05) is 38.1 Å². The maximum Gasteiger partial charge on any atom is 0.338 e. The first-order chi connectivity index (χ1) is 11.4. The molecular formula is C18H24N2O3S. The number of thiocarbonyl (C=S) groups is 1. The lowest BCUT2D eigenvalue weighted by Crippen LogP contribution is -2.45. The third-order valence-electron chi connectivity index (χ3n) is 3.95. The molecule has 1 aromatic rings. The van der Waals surface area contributed by atoms with Crippen molar-refractivity contribution in [3.05, 3.63) is 46.7 Å². The Hall–Kier alpha value is -1.92. The number of benzene rings is 1.